The zero-order valence-electron chi connectivity index (χ0n) is 21.2. The molecule has 0 radical (unpaired) electrons. The van der Waals surface area contributed by atoms with Crippen LogP contribution in [0.1, 0.15) is 40.9 Å². The van der Waals surface area contributed by atoms with Gasteiger partial charge in [-0.3, -0.25) is 4.79 Å². The number of likely N-dealkylation sites (N-methyl/N-ethyl adjacent to an activating group) is 2. The fourth-order valence-electron chi connectivity index (χ4n) is 4.37. The van der Waals surface area contributed by atoms with E-state index < -0.39 is 11.6 Å². The van der Waals surface area contributed by atoms with Crippen molar-refractivity contribution < 1.29 is 13.6 Å². The summed E-state index contributed by atoms with van der Waals surface area (Å²) in [5.41, 5.74) is 3.94. The van der Waals surface area contributed by atoms with Crippen molar-refractivity contribution in [3.63, 3.8) is 0 Å². The summed E-state index contributed by atoms with van der Waals surface area (Å²) in [6, 6.07) is 13.9. The maximum absolute atomic E-state index is 14.1. The fraction of sp³-hybridized carbons (Fsp3) is 0.357. The van der Waals surface area contributed by atoms with Crippen molar-refractivity contribution in [1.82, 2.24) is 20.5 Å². The van der Waals surface area contributed by atoms with Crippen LogP contribution in [0.5, 0.6) is 0 Å². The summed E-state index contributed by atoms with van der Waals surface area (Å²) in [5.74, 6) is -0.951. The predicted octanol–water partition coefficient (Wildman–Crippen LogP) is 4.34. The number of anilines is 1. The Balaban J connectivity index is 1.62. The number of hydrogen-bond donors (Lipinski definition) is 2. The summed E-state index contributed by atoms with van der Waals surface area (Å²) in [4.78, 5) is 22.5. The van der Waals surface area contributed by atoms with Gasteiger partial charge in [0.05, 0.1) is 11.3 Å². The van der Waals surface area contributed by atoms with Crippen molar-refractivity contribution in [2.75, 3.05) is 32.1 Å². The standard InChI is InChI=1S/C28H33F2N5O/c1-18(2)35-17-23-21(28(36)32-15-22-24(29)9-6-10-25(22)30)14-26(33-27(23)35)20-8-5-7-19(13-20)16-34(4)12-11-31-3/h5-10,13-14,18,31H,11-12,15-17H2,1-4H3,(H,32,36). The minimum atomic E-state index is -0.679. The van der Waals surface area contributed by atoms with E-state index in [-0.39, 0.29) is 24.1 Å². The van der Waals surface area contributed by atoms with Crippen molar-refractivity contribution >= 4 is 11.7 Å². The van der Waals surface area contributed by atoms with Crippen LogP contribution in [0.4, 0.5) is 14.6 Å². The Hall–Kier alpha value is -3.36. The molecule has 1 aromatic heterocycles. The van der Waals surface area contributed by atoms with Crippen LogP contribution in [-0.2, 0) is 19.6 Å². The average Bonchev–Trinajstić information content (AvgIpc) is 2.82. The molecule has 0 bridgehead atoms. The van der Waals surface area contributed by atoms with E-state index in [1.807, 2.05) is 19.2 Å². The van der Waals surface area contributed by atoms with Crippen molar-refractivity contribution in [3.05, 3.63) is 82.4 Å². The van der Waals surface area contributed by atoms with Crippen molar-refractivity contribution in [3.8, 4) is 11.3 Å². The summed E-state index contributed by atoms with van der Waals surface area (Å²) in [6.45, 7) is 7.16. The molecule has 2 N–H and O–H groups in total. The van der Waals surface area contributed by atoms with E-state index in [1.54, 1.807) is 6.07 Å². The Morgan fingerprint density at radius 2 is 1.86 bits per heavy atom. The second kappa shape index (κ2) is 11.1. The highest BCUT2D eigenvalue weighted by molar-refractivity contribution is 5.99. The lowest BCUT2D eigenvalue weighted by Crippen LogP contribution is -2.41. The number of carbonyl (C=O) groups excluding carboxylic acids is 1. The van der Waals surface area contributed by atoms with Crippen LogP contribution in [0.3, 0.4) is 0 Å². The molecular formula is C28H33F2N5O. The molecule has 2 heterocycles. The van der Waals surface area contributed by atoms with Gasteiger partial charge >= 0.3 is 0 Å². The van der Waals surface area contributed by atoms with E-state index in [9.17, 15) is 13.6 Å². The molecule has 1 amide bonds. The average molecular weight is 494 g/mol. The number of amides is 1. The third kappa shape index (κ3) is 5.55. The first-order chi connectivity index (χ1) is 17.3. The van der Waals surface area contributed by atoms with Gasteiger partial charge in [0.1, 0.15) is 17.5 Å². The van der Waals surface area contributed by atoms with Gasteiger partial charge in [-0.2, -0.15) is 0 Å². The highest BCUT2D eigenvalue weighted by atomic mass is 19.1. The molecule has 0 saturated carbocycles. The third-order valence-electron chi connectivity index (χ3n) is 6.48. The number of rotatable bonds is 10. The fourth-order valence-corrected chi connectivity index (χ4v) is 4.37. The number of pyridine rings is 1. The normalized spacial score (nSPS) is 12.6. The van der Waals surface area contributed by atoms with Crippen molar-refractivity contribution in [1.29, 1.82) is 0 Å². The molecule has 2 aromatic carbocycles. The molecule has 0 aliphatic carbocycles. The van der Waals surface area contributed by atoms with E-state index in [4.69, 9.17) is 4.98 Å². The number of nitrogens with one attached hydrogen (secondary N) is 2. The van der Waals surface area contributed by atoms with Gasteiger partial charge in [-0.15, -0.1) is 0 Å². The van der Waals surface area contributed by atoms with Crippen LogP contribution in [0.15, 0.2) is 48.5 Å². The molecule has 0 fully saturated rings. The molecule has 1 aliphatic rings. The van der Waals surface area contributed by atoms with Crippen LogP contribution < -0.4 is 15.5 Å². The van der Waals surface area contributed by atoms with Gasteiger partial charge in [0.2, 0.25) is 0 Å². The van der Waals surface area contributed by atoms with Gasteiger partial charge in [-0.05, 0) is 57.8 Å². The number of hydrogen-bond acceptors (Lipinski definition) is 5. The number of fused-ring (bicyclic) bond motifs is 1. The topological polar surface area (TPSA) is 60.5 Å². The zero-order valence-corrected chi connectivity index (χ0v) is 21.2. The Kier molecular flexibility index (Phi) is 7.96. The first kappa shape index (κ1) is 25.7. The molecule has 190 valence electrons. The largest absolute Gasteiger partial charge is 0.349 e. The minimum Gasteiger partial charge on any atom is -0.349 e. The van der Waals surface area contributed by atoms with Crippen LogP contribution in [0.25, 0.3) is 11.3 Å². The number of nitrogens with zero attached hydrogens (tertiary/aromatic N) is 3. The van der Waals surface area contributed by atoms with Gasteiger partial charge in [-0.1, -0.05) is 24.3 Å². The lowest BCUT2D eigenvalue weighted by Gasteiger charge is -2.39. The molecule has 0 atom stereocenters. The molecular weight excluding hydrogens is 460 g/mol. The molecule has 36 heavy (non-hydrogen) atoms. The Labute approximate surface area is 211 Å². The third-order valence-corrected chi connectivity index (χ3v) is 6.48. The molecule has 0 unspecified atom stereocenters. The molecule has 1 aliphatic heterocycles. The van der Waals surface area contributed by atoms with E-state index in [0.717, 1.165) is 42.1 Å². The second-order valence-corrected chi connectivity index (χ2v) is 9.50. The summed E-state index contributed by atoms with van der Waals surface area (Å²) in [7, 11) is 4.02. The van der Waals surface area contributed by atoms with Gasteiger partial charge in [0.15, 0.2) is 0 Å². The Bertz CT molecular complexity index is 1230. The van der Waals surface area contributed by atoms with Gasteiger partial charge < -0.3 is 20.4 Å². The Morgan fingerprint density at radius 1 is 1.14 bits per heavy atom. The van der Waals surface area contributed by atoms with Gasteiger partial charge in [-0.25, -0.2) is 13.8 Å². The maximum atomic E-state index is 14.1. The summed E-state index contributed by atoms with van der Waals surface area (Å²) in [5, 5.41) is 5.86. The van der Waals surface area contributed by atoms with Crippen LogP contribution in [0.2, 0.25) is 0 Å². The van der Waals surface area contributed by atoms with E-state index in [2.05, 4.69) is 53.5 Å². The summed E-state index contributed by atoms with van der Waals surface area (Å²) >= 11 is 0. The maximum Gasteiger partial charge on any atom is 0.252 e. The monoisotopic (exact) mass is 493 g/mol. The van der Waals surface area contributed by atoms with E-state index >= 15 is 0 Å². The summed E-state index contributed by atoms with van der Waals surface area (Å²) in [6.07, 6.45) is 0. The number of carbonyl (C=O) groups is 1. The van der Waals surface area contributed by atoms with E-state index in [1.165, 1.54) is 18.2 Å². The summed E-state index contributed by atoms with van der Waals surface area (Å²) < 4.78 is 28.1. The van der Waals surface area contributed by atoms with Crippen LogP contribution in [-0.4, -0.2) is 49.0 Å². The smallest absolute Gasteiger partial charge is 0.252 e. The highest BCUT2D eigenvalue weighted by Crippen LogP contribution is 2.38. The van der Waals surface area contributed by atoms with Crippen LogP contribution >= 0.6 is 0 Å². The van der Waals surface area contributed by atoms with Gasteiger partial charge in [0.25, 0.3) is 5.91 Å². The first-order valence-corrected chi connectivity index (χ1v) is 12.2. The number of aromatic nitrogens is 1. The molecule has 6 nitrogen and oxygen atoms in total. The predicted molar refractivity (Wildman–Crippen MR) is 139 cm³/mol. The van der Waals surface area contributed by atoms with Gasteiger partial charge in [0, 0.05) is 55.5 Å². The Morgan fingerprint density at radius 3 is 2.56 bits per heavy atom. The van der Waals surface area contributed by atoms with Crippen molar-refractivity contribution in [2.24, 2.45) is 0 Å². The SMILES string of the molecule is CNCCN(C)Cc1cccc(-c2cc(C(=O)NCc3c(F)cccc3F)c3c(n2)N(C(C)C)C3)c1. The zero-order chi connectivity index (χ0) is 25.8. The van der Waals surface area contributed by atoms with E-state index in [0.29, 0.717) is 17.8 Å². The minimum absolute atomic E-state index is 0.155. The molecule has 3 aromatic rings. The lowest BCUT2D eigenvalue weighted by atomic mass is 9.96. The quantitative estimate of drug-likeness (QED) is 0.440. The number of halogens is 2. The lowest BCUT2D eigenvalue weighted by molar-refractivity contribution is 0.0948. The van der Waals surface area contributed by atoms with Crippen molar-refractivity contribution in [2.45, 2.75) is 39.5 Å². The first-order valence-electron chi connectivity index (χ1n) is 12.2. The molecule has 4 rings (SSSR count). The molecule has 0 saturated heterocycles. The molecule has 8 heteroatoms. The van der Waals surface area contributed by atoms with Crippen LogP contribution in [0, 0.1) is 11.6 Å². The number of benzene rings is 2. The highest BCUT2D eigenvalue weighted by Gasteiger charge is 2.32. The second-order valence-electron chi connectivity index (χ2n) is 9.50. The molecule has 0 spiro atoms.